The molecule has 0 aliphatic heterocycles. The van der Waals surface area contributed by atoms with Crippen molar-refractivity contribution in [2.45, 2.75) is 77.0 Å². The predicted octanol–water partition coefficient (Wildman–Crippen LogP) is 4.84. The maximum Gasteiger partial charge on any atom is 0.408 e. The van der Waals surface area contributed by atoms with Gasteiger partial charge in [-0.25, -0.2) is 18.4 Å². The first-order valence-corrected chi connectivity index (χ1v) is 10.1. The Kier molecular flexibility index (Phi) is 5.88. The van der Waals surface area contributed by atoms with Crippen LogP contribution < -0.4 is 5.32 Å². The summed E-state index contributed by atoms with van der Waals surface area (Å²) in [5, 5.41) is 2.59. The number of esters is 1. The number of hydrogen-bond acceptors (Lipinski definition) is 4. The van der Waals surface area contributed by atoms with Crippen LogP contribution in [0.25, 0.3) is 0 Å². The number of benzene rings is 1. The number of alkyl halides is 2. The van der Waals surface area contributed by atoms with E-state index in [1.54, 1.807) is 20.8 Å². The van der Waals surface area contributed by atoms with Gasteiger partial charge in [0.25, 0.3) is 5.92 Å². The van der Waals surface area contributed by atoms with E-state index in [0.717, 1.165) is 5.56 Å². The highest BCUT2D eigenvalue weighted by atomic mass is 19.3. The van der Waals surface area contributed by atoms with Crippen LogP contribution in [-0.4, -0.2) is 29.6 Å². The van der Waals surface area contributed by atoms with Gasteiger partial charge >= 0.3 is 12.1 Å². The van der Waals surface area contributed by atoms with E-state index in [-0.39, 0.29) is 19.4 Å². The minimum atomic E-state index is -2.68. The molecule has 5 nitrogen and oxygen atoms in total. The first kappa shape index (κ1) is 21.5. The second kappa shape index (κ2) is 7.92. The summed E-state index contributed by atoms with van der Waals surface area (Å²) >= 11 is 0. The van der Waals surface area contributed by atoms with E-state index in [2.05, 4.69) is 5.32 Å². The highest BCUT2D eigenvalue weighted by Gasteiger charge is 2.71. The molecule has 29 heavy (non-hydrogen) atoms. The molecule has 1 aromatic carbocycles. The molecular weight excluding hydrogens is 380 g/mol. The predicted molar refractivity (Wildman–Crippen MR) is 103 cm³/mol. The number of ether oxygens (including phenoxy) is 2. The van der Waals surface area contributed by atoms with Crippen molar-refractivity contribution in [2.75, 3.05) is 0 Å². The molecule has 2 saturated carbocycles. The van der Waals surface area contributed by atoms with Crippen molar-refractivity contribution >= 4 is 12.1 Å². The molecule has 160 valence electrons. The van der Waals surface area contributed by atoms with E-state index in [1.165, 1.54) is 0 Å². The van der Waals surface area contributed by atoms with Crippen LogP contribution in [0, 0.1) is 11.3 Å². The smallest absolute Gasteiger partial charge is 0.408 e. The Bertz CT molecular complexity index is 747. The maximum absolute atomic E-state index is 13.9. The van der Waals surface area contributed by atoms with Gasteiger partial charge in [0.15, 0.2) is 0 Å². The Morgan fingerprint density at radius 3 is 2.48 bits per heavy atom. The molecule has 0 bridgehead atoms. The molecule has 1 spiro atoms. The lowest BCUT2D eigenvalue weighted by Crippen LogP contribution is -2.50. The van der Waals surface area contributed by atoms with Crippen molar-refractivity contribution < 1.29 is 27.8 Å². The second-order valence-corrected chi connectivity index (χ2v) is 9.24. The minimum Gasteiger partial charge on any atom is -0.458 e. The highest BCUT2D eigenvalue weighted by Crippen LogP contribution is 2.68. The molecule has 0 saturated heterocycles. The summed E-state index contributed by atoms with van der Waals surface area (Å²) in [7, 11) is 0. The Morgan fingerprint density at radius 2 is 1.90 bits per heavy atom. The lowest BCUT2D eigenvalue weighted by atomic mass is 9.75. The maximum atomic E-state index is 13.9. The van der Waals surface area contributed by atoms with E-state index in [1.807, 2.05) is 30.3 Å². The number of halogens is 2. The van der Waals surface area contributed by atoms with Crippen molar-refractivity contribution in [3.05, 3.63) is 35.9 Å². The number of nitrogens with one attached hydrogen (secondary N) is 1. The molecule has 2 aliphatic carbocycles. The van der Waals surface area contributed by atoms with Crippen LogP contribution >= 0.6 is 0 Å². The Balaban J connectivity index is 1.67. The molecule has 1 aromatic rings. The Morgan fingerprint density at radius 1 is 1.24 bits per heavy atom. The van der Waals surface area contributed by atoms with Crippen LogP contribution in [-0.2, 0) is 20.9 Å². The summed E-state index contributed by atoms with van der Waals surface area (Å²) in [5.41, 5.74) is -0.974. The van der Waals surface area contributed by atoms with Crippen LogP contribution in [0.1, 0.15) is 58.4 Å². The molecule has 2 aliphatic rings. The average molecular weight is 409 g/mol. The molecule has 0 heterocycles. The fraction of sp³-hybridized carbons (Fsp3) is 0.636. The van der Waals surface area contributed by atoms with Crippen LogP contribution in [0.5, 0.6) is 0 Å². The molecule has 0 aromatic heterocycles. The highest BCUT2D eigenvalue weighted by molar-refractivity contribution is 5.82. The van der Waals surface area contributed by atoms with E-state index in [0.29, 0.717) is 19.3 Å². The van der Waals surface area contributed by atoms with Crippen LogP contribution in [0.4, 0.5) is 13.6 Å². The van der Waals surface area contributed by atoms with Crippen LogP contribution in [0.3, 0.4) is 0 Å². The van der Waals surface area contributed by atoms with Gasteiger partial charge in [-0.3, -0.25) is 0 Å². The van der Waals surface area contributed by atoms with Gasteiger partial charge < -0.3 is 14.8 Å². The molecule has 0 radical (unpaired) electrons. The van der Waals surface area contributed by atoms with Gasteiger partial charge in [0.1, 0.15) is 18.2 Å². The van der Waals surface area contributed by atoms with Crippen molar-refractivity contribution in [3.8, 4) is 0 Å². The topological polar surface area (TPSA) is 64.6 Å². The Labute approximate surface area is 170 Å². The summed E-state index contributed by atoms with van der Waals surface area (Å²) in [5.74, 6) is -3.70. The van der Waals surface area contributed by atoms with E-state index in [4.69, 9.17) is 9.47 Å². The Hall–Kier alpha value is -2.18. The molecule has 0 unspecified atom stereocenters. The standard InChI is InChI=1S/C22H29F2NO4/c1-20(2,3)29-18(26)17(16-10-7-11-21(12-16)14-22(21,23)24)25-19(27)28-13-15-8-5-4-6-9-15/h4-6,8-9,16-17H,7,10-14H2,1-3H3,(H,25,27)/t16-,17-,21-/m0/s1. The number of alkyl carbamates (subject to hydrolysis) is 1. The first-order valence-electron chi connectivity index (χ1n) is 10.1. The van der Waals surface area contributed by atoms with Crippen molar-refractivity contribution in [2.24, 2.45) is 11.3 Å². The van der Waals surface area contributed by atoms with Crippen molar-refractivity contribution in [1.29, 1.82) is 0 Å². The number of carbonyl (C=O) groups is 2. The number of rotatable bonds is 5. The molecule has 3 rings (SSSR count). The number of hydrogen-bond donors (Lipinski definition) is 1. The first-order chi connectivity index (χ1) is 13.5. The molecule has 1 N–H and O–H groups in total. The SMILES string of the molecule is CC(C)(C)OC(=O)[C@@H](NC(=O)OCc1ccccc1)[C@H]1CCC[C@]2(C1)CC2(F)F. The zero-order valence-corrected chi connectivity index (χ0v) is 17.2. The quantitative estimate of drug-likeness (QED) is 0.707. The zero-order chi connectivity index (χ0) is 21.3. The fourth-order valence-corrected chi connectivity index (χ4v) is 4.19. The summed E-state index contributed by atoms with van der Waals surface area (Å²) in [6.45, 7) is 5.24. The van der Waals surface area contributed by atoms with Crippen LogP contribution in [0.15, 0.2) is 30.3 Å². The zero-order valence-electron chi connectivity index (χ0n) is 17.2. The minimum absolute atomic E-state index is 0.0559. The third-order valence-electron chi connectivity index (χ3n) is 5.71. The van der Waals surface area contributed by atoms with Crippen molar-refractivity contribution in [3.63, 3.8) is 0 Å². The van der Waals surface area contributed by atoms with Crippen LogP contribution in [0.2, 0.25) is 0 Å². The fourth-order valence-electron chi connectivity index (χ4n) is 4.19. The summed E-state index contributed by atoms with van der Waals surface area (Å²) in [6.07, 6.45) is 0.933. The molecule has 1 amide bonds. The largest absolute Gasteiger partial charge is 0.458 e. The van der Waals surface area contributed by atoms with Gasteiger partial charge in [-0.05, 0) is 51.5 Å². The van der Waals surface area contributed by atoms with E-state index < -0.39 is 41.0 Å². The van der Waals surface area contributed by atoms with Gasteiger partial charge in [-0.1, -0.05) is 36.8 Å². The molecule has 3 atom stereocenters. The van der Waals surface area contributed by atoms with E-state index in [9.17, 15) is 18.4 Å². The van der Waals surface area contributed by atoms with Crippen molar-refractivity contribution in [1.82, 2.24) is 5.32 Å². The number of amides is 1. The average Bonchev–Trinajstić information content (AvgIpc) is 3.15. The van der Waals surface area contributed by atoms with Gasteiger partial charge in [-0.15, -0.1) is 0 Å². The van der Waals surface area contributed by atoms with Gasteiger partial charge in [0.05, 0.1) is 0 Å². The normalized spacial score (nSPS) is 26.4. The molecule has 2 fully saturated rings. The van der Waals surface area contributed by atoms with Gasteiger partial charge in [0.2, 0.25) is 0 Å². The lowest BCUT2D eigenvalue weighted by Gasteiger charge is -2.35. The summed E-state index contributed by atoms with van der Waals surface area (Å²) in [4.78, 5) is 25.1. The molecule has 7 heteroatoms. The number of carbonyl (C=O) groups excluding carboxylic acids is 2. The summed E-state index contributed by atoms with van der Waals surface area (Å²) in [6, 6.07) is 8.15. The monoisotopic (exact) mass is 409 g/mol. The second-order valence-electron chi connectivity index (χ2n) is 9.24. The lowest BCUT2D eigenvalue weighted by molar-refractivity contribution is -0.159. The molecular formula is C22H29F2NO4. The third kappa shape index (κ3) is 5.25. The third-order valence-corrected chi connectivity index (χ3v) is 5.71. The van der Waals surface area contributed by atoms with Gasteiger partial charge in [-0.2, -0.15) is 0 Å². The summed E-state index contributed by atoms with van der Waals surface area (Å²) < 4.78 is 38.5. The van der Waals surface area contributed by atoms with E-state index >= 15 is 0 Å². The van der Waals surface area contributed by atoms with Gasteiger partial charge in [0, 0.05) is 11.8 Å².